The lowest BCUT2D eigenvalue weighted by atomic mass is 10.1. The number of amides is 1. The number of nitrogens with zero attached hydrogens (tertiary/aromatic N) is 4. The molecule has 33 heavy (non-hydrogen) atoms. The van der Waals surface area contributed by atoms with E-state index >= 15 is 0 Å². The highest BCUT2D eigenvalue weighted by Crippen LogP contribution is 2.26. The van der Waals surface area contributed by atoms with Crippen LogP contribution in [0.2, 0.25) is 0 Å². The summed E-state index contributed by atoms with van der Waals surface area (Å²) in [5.41, 5.74) is 4.46. The van der Waals surface area contributed by atoms with Gasteiger partial charge in [-0.3, -0.25) is 9.78 Å². The van der Waals surface area contributed by atoms with Crippen molar-refractivity contribution in [3.8, 4) is 11.3 Å². The van der Waals surface area contributed by atoms with Gasteiger partial charge in [0.05, 0.1) is 29.4 Å². The van der Waals surface area contributed by atoms with Crippen molar-refractivity contribution in [3.63, 3.8) is 0 Å². The Hall–Kier alpha value is -4.39. The number of hydrogen-bond acceptors (Lipinski definition) is 4. The zero-order valence-corrected chi connectivity index (χ0v) is 17.9. The molecular weight excluding hydrogens is 417 g/mol. The molecule has 7 heteroatoms. The number of fused-ring (bicyclic) bond motifs is 1. The largest absolute Gasteiger partial charge is 0.322 e. The van der Waals surface area contributed by atoms with Gasteiger partial charge in [0.1, 0.15) is 5.82 Å². The summed E-state index contributed by atoms with van der Waals surface area (Å²) < 4.78 is 15.8. The highest BCUT2D eigenvalue weighted by molar-refractivity contribution is 6.12. The van der Waals surface area contributed by atoms with Gasteiger partial charge >= 0.3 is 0 Å². The predicted molar refractivity (Wildman–Crippen MR) is 125 cm³/mol. The third-order valence-electron chi connectivity index (χ3n) is 5.43. The highest BCUT2D eigenvalue weighted by Gasteiger charge is 2.18. The first-order valence-corrected chi connectivity index (χ1v) is 10.5. The number of carbonyl (C=O) groups excluding carboxylic acids is 1. The number of hydrogen-bond donors (Lipinski definition) is 1. The third kappa shape index (κ3) is 4.21. The average Bonchev–Trinajstić information content (AvgIpc) is 3.24. The molecule has 0 atom stereocenters. The number of carbonyl (C=O) groups is 1. The van der Waals surface area contributed by atoms with Crippen LogP contribution in [0.4, 0.5) is 10.1 Å². The number of pyridine rings is 2. The third-order valence-corrected chi connectivity index (χ3v) is 5.43. The van der Waals surface area contributed by atoms with E-state index in [1.807, 2.05) is 42.5 Å². The number of halogens is 1. The Bertz CT molecular complexity index is 1450. The van der Waals surface area contributed by atoms with Gasteiger partial charge in [0, 0.05) is 23.6 Å². The van der Waals surface area contributed by atoms with E-state index in [2.05, 4.69) is 15.4 Å². The normalized spacial score (nSPS) is 11.0. The Morgan fingerprint density at radius 3 is 2.58 bits per heavy atom. The van der Waals surface area contributed by atoms with E-state index in [4.69, 9.17) is 4.98 Å². The molecule has 0 bridgehead atoms. The lowest BCUT2D eigenvalue weighted by Gasteiger charge is -2.10. The SMILES string of the molecule is Cc1ccc(NC(=O)c2cc(-c3ccccc3)nc3c2cnn3Cc2ccncc2)cc1F. The van der Waals surface area contributed by atoms with Crippen LogP contribution < -0.4 is 5.32 Å². The quantitative estimate of drug-likeness (QED) is 0.408. The van der Waals surface area contributed by atoms with Crippen molar-refractivity contribution in [2.75, 3.05) is 5.32 Å². The van der Waals surface area contributed by atoms with Crippen molar-refractivity contribution in [1.82, 2.24) is 19.7 Å². The summed E-state index contributed by atoms with van der Waals surface area (Å²) in [7, 11) is 0. The van der Waals surface area contributed by atoms with Gasteiger partial charge in [-0.1, -0.05) is 36.4 Å². The van der Waals surface area contributed by atoms with Crippen molar-refractivity contribution in [3.05, 3.63) is 108 Å². The molecule has 0 unspecified atom stereocenters. The van der Waals surface area contributed by atoms with E-state index in [1.54, 1.807) is 48.4 Å². The van der Waals surface area contributed by atoms with E-state index < -0.39 is 0 Å². The topological polar surface area (TPSA) is 72.7 Å². The molecule has 0 aliphatic carbocycles. The first kappa shape index (κ1) is 20.5. The summed E-state index contributed by atoms with van der Waals surface area (Å²) in [5.74, 6) is -0.728. The van der Waals surface area contributed by atoms with E-state index in [1.165, 1.54) is 6.07 Å². The number of benzene rings is 2. The van der Waals surface area contributed by atoms with Crippen LogP contribution in [-0.4, -0.2) is 25.7 Å². The molecule has 1 N–H and O–H groups in total. The van der Waals surface area contributed by atoms with Crippen LogP contribution in [-0.2, 0) is 6.54 Å². The Balaban J connectivity index is 1.60. The van der Waals surface area contributed by atoms with Crippen LogP contribution in [0.3, 0.4) is 0 Å². The molecule has 3 aromatic heterocycles. The van der Waals surface area contributed by atoms with Gasteiger partial charge in [0.25, 0.3) is 5.91 Å². The zero-order valence-electron chi connectivity index (χ0n) is 17.9. The Labute approximate surface area is 189 Å². The average molecular weight is 437 g/mol. The van der Waals surface area contributed by atoms with Crippen LogP contribution in [0.25, 0.3) is 22.3 Å². The van der Waals surface area contributed by atoms with Crippen LogP contribution >= 0.6 is 0 Å². The second-order valence-electron chi connectivity index (χ2n) is 7.73. The van der Waals surface area contributed by atoms with Crippen molar-refractivity contribution < 1.29 is 9.18 Å². The van der Waals surface area contributed by atoms with Crippen molar-refractivity contribution >= 4 is 22.6 Å². The maximum atomic E-state index is 14.0. The summed E-state index contributed by atoms with van der Waals surface area (Å²) in [4.78, 5) is 22.1. The minimum Gasteiger partial charge on any atom is -0.322 e. The van der Waals surface area contributed by atoms with Crippen molar-refractivity contribution in [1.29, 1.82) is 0 Å². The van der Waals surface area contributed by atoms with Gasteiger partial charge in [-0.25, -0.2) is 14.1 Å². The lowest BCUT2D eigenvalue weighted by Crippen LogP contribution is -2.13. The number of aryl methyl sites for hydroxylation is 1. The van der Waals surface area contributed by atoms with E-state index in [0.29, 0.717) is 40.1 Å². The Morgan fingerprint density at radius 1 is 1.03 bits per heavy atom. The number of rotatable bonds is 5. The minimum absolute atomic E-state index is 0.355. The van der Waals surface area contributed by atoms with E-state index in [-0.39, 0.29) is 11.7 Å². The highest BCUT2D eigenvalue weighted by atomic mass is 19.1. The summed E-state index contributed by atoms with van der Waals surface area (Å²) in [5, 5.41) is 7.92. The van der Waals surface area contributed by atoms with E-state index in [0.717, 1.165) is 11.1 Å². The first-order chi connectivity index (χ1) is 16.1. The fourth-order valence-electron chi connectivity index (χ4n) is 3.64. The number of aromatic nitrogens is 4. The predicted octanol–water partition coefficient (Wildman–Crippen LogP) is 5.24. The monoisotopic (exact) mass is 437 g/mol. The molecule has 162 valence electrons. The molecule has 0 aliphatic rings. The van der Waals surface area contributed by atoms with Crippen LogP contribution in [0.1, 0.15) is 21.5 Å². The van der Waals surface area contributed by atoms with Gasteiger partial charge in [-0.15, -0.1) is 0 Å². The van der Waals surface area contributed by atoms with Gasteiger partial charge < -0.3 is 5.32 Å². The second kappa shape index (κ2) is 8.63. The van der Waals surface area contributed by atoms with Crippen molar-refractivity contribution in [2.45, 2.75) is 13.5 Å². The second-order valence-corrected chi connectivity index (χ2v) is 7.73. The van der Waals surface area contributed by atoms with Crippen LogP contribution in [0.5, 0.6) is 0 Å². The summed E-state index contributed by atoms with van der Waals surface area (Å²) >= 11 is 0. The molecule has 0 spiro atoms. The van der Waals surface area contributed by atoms with Gasteiger partial charge in [0.2, 0.25) is 0 Å². The molecule has 1 amide bonds. The molecule has 0 saturated carbocycles. The molecule has 3 heterocycles. The molecule has 0 aliphatic heterocycles. The maximum Gasteiger partial charge on any atom is 0.256 e. The van der Waals surface area contributed by atoms with Crippen LogP contribution in [0.15, 0.2) is 85.3 Å². The lowest BCUT2D eigenvalue weighted by molar-refractivity contribution is 0.102. The van der Waals surface area contributed by atoms with Gasteiger partial charge in [-0.05, 0) is 48.4 Å². The smallest absolute Gasteiger partial charge is 0.256 e. The summed E-state index contributed by atoms with van der Waals surface area (Å²) in [6, 6.07) is 19.8. The molecular formula is C26H20FN5O. The standard InChI is InChI=1S/C26H20FN5O/c1-17-7-8-20(13-23(17)27)30-26(33)21-14-24(19-5-3-2-4-6-19)31-25-22(21)15-29-32(25)16-18-9-11-28-12-10-18/h2-15H,16H2,1H3,(H,30,33). The zero-order chi connectivity index (χ0) is 22.8. The molecule has 2 aromatic carbocycles. The Morgan fingerprint density at radius 2 is 1.82 bits per heavy atom. The van der Waals surface area contributed by atoms with Crippen molar-refractivity contribution in [2.24, 2.45) is 0 Å². The molecule has 6 nitrogen and oxygen atoms in total. The Kier molecular flexibility index (Phi) is 5.36. The molecule has 5 rings (SSSR count). The summed E-state index contributed by atoms with van der Waals surface area (Å²) in [6.45, 7) is 2.16. The fourth-order valence-corrected chi connectivity index (χ4v) is 3.64. The first-order valence-electron chi connectivity index (χ1n) is 10.5. The van der Waals surface area contributed by atoms with Crippen LogP contribution in [0, 0.1) is 12.7 Å². The van der Waals surface area contributed by atoms with Gasteiger partial charge in [0.15, 0.2) is 5.65 Å². The minimum atomic E-state index is -0.372. The number of anilines is 1. The molecule has 0 fully saturated rings. The number of nitrogens with one attached hydrogen (secondary N) is 1. The molecule has 5 aromatic rings. The molecule has 0 radical (unpaired) electrons. The molecule has 0 saturated heterocycles. The van der Waals surface area contributed by atoms with Gasteiger partial charge in [-0.2, -0.15) is 5.10 Å². The fraction of sp³-hybridized carbons (Fsp3) is 0.0769. The summed E-state index contributed by atoms with van der Waals surface area (Å²) in [6.07, 6.45) is 5.09. The maximum absolute atomic E-state index is 14.0. The van der Waals surface area contributed by atoms with E-state index in [9.17, 15) is 9.18 Å².